The van der Waals surface area contributed by atoms with Gasteiger partial charge in [0, 0.05) is 24.3 Å². The van der Waals surface area contributed by atoms with Crippen molar-refractivity contribution >= 4 is 16.6 Å². The van der Waals surface area contributed by atoms with Crippen LogP contribution in [0, 0.1) is 6.92 Å². The van der Waals surface area contributed by atoms with Crippen LogP contribution in [0.4, 0.5) is 5.69 Å². The minimum absolute atomic E-state index is 0.807. The molecule has 3 heteroatoms. The van der Waals surface area contributed by atoms with E-state index in [1.54, 1.807) is 4.68 Å². The topological polar surface area (TPSA) is 43.8 Å². The fourth-order valence-electron chi connectivity index (χ4n) is 1.33. The van der Waals surface area contributed by atoms with Gasteiger partial charge in [-0.1, -0.05) is 0 Å². The van der Waals surface area contributed by atoms with Gasteiger partial charge in [0.2, 0.25) is 0 Å². The SMILES string of the molecule is Cc1cc2cn(C)nc2cc1N. The summed E-state index contributed by atoms with van der Waals surface area (Å²) in [4.78, 5) is 0. The maximum atomic E-state index is 5.75. The number of aryl methyl sites for hydroxylation is 2. The van der Waals surface area contributed by atoms with Crippen molar-refractivity contribution in [2.45, 2.75) is 6.92 Å². The number of anilines is 1. The summed E-state index contributed by atoms with van der Waals surface area (Å²) in [6.07, 6.45) is 1.99. The number of aromatic nitrogens is 2. The first-order chi connectivity index (χ1) is 5.66. The van der Waals surface area contributed by atoms with E-state index in [-0.39, 0.29) is 0 Å². The fourth-order valence-corrected chi connectivity index (χ4v) is 1.33. The quantitative estimate of drug-likeness (QED) is 0.594. The summed E-state index contributed by atoms with van der Waals surface area (Å²) in [7, 11) is 1.91. The zero-order chi connectivity index (χ0) is 8.72. The number of nitrogens with zero attached hydrogens (tertiary/aromatic N) is 2. The first-order valence-electron chi connectivity index (χ1n) is 3.86. The van der Waals surface area contributed by atoms with E-state index in [0.29, 0.717) is 0 Å². The largest absolute Gasteiger partial charge is 0.398 e. The molecule has 0 atom stereocenters. The maximum absolute atomic E-state index is 5.75. The fraction of sp³-hybridized carbons (Fsp3) is 0.222. The number of hydrogen-bond acceptors (Lipinski definition) is 2. The minimum atomic E-state index is 0.807. The molecule has 3 nitrogen and oxygen atoms in total. The molecule has 0 aliphatic carbocycles. The first kappa shape index (κ1) is 7.16. The Kier molecular flexibility index (Phi) is 1.33. The number of fused-ring (bicyclic) bond motifs is 1. The monoisotopic (exact) mass is 161 g/mol. The van der Waals surface area contributed by atoms with Crippen LogP contribution in [0.15, 0.2) is 18.3 Å². The van der Waals surface area contributed by atoms with Gasteiger partial charge in [0.1, 0.15) is 0 Å². The Morgan fingerprint density at radius 1 is 1.42 bits per heavy atom. The van der Waals surface area contributed by atoms with Crippen LogP contribution in [0.1, 0.15) is 5.56 Å². The molecule has 1 aromatic heterocycles. The van der Waals surface area contributed by atoms with Gasteiger partial charge >= 0.3 is 0 Å². The van der Waals surface area contributed by atoms with Crippen LogP contribution >= 0.6 is 0 Å². The first-order valence-corrected chi connectivity index (χ1v) is 3.86. The Bertz CT molecular complexity index is 390. The highest BCUT2D eigenvalue weighted by molar-refractivity contribution is 5.82. The van der Waals surface area contributed by atoms with Crippen molar-refractivity contribution < 1.29 is 0 Å². The highest BCUT2D eigenvalue weighted by Gasteiger charge is 2.00. The van der Waals surface area contributed by atoms with Gasteiger partial charge in [0.05, 0.1) is 5.52 Å². The van der Waals surface area contributed by atoms with Gasteiger partial charge in [-0.05, 0) is 24.6 Å². The molecule has 0 radical (unpaired) electrons. The molecule has 0 aliphatic heterocycles. The van der Waals surface area contributed by atoms with Crippen molar-refractivity contribution in [1.82, 2.24) is 9.78 Å². The van der Waals surface area contributed by atoms with Gasteiger partial charge in [-0.3, -0.25) is 4.68 Å². The van der Waals surface area contributed by atoms with Gasteiger partial charge in [-0.2, -0.15) is 5.10 Å². The van der Waals surface area contributed by atoms with Crippen LogP contribution in [0.25, 0.3) is 10.9 Å². The zero-order valence-electron chi connectivity index (χ0n) is 7.20. The molecule has 0 bridgehead atoms. The summed E-state index contributed by atoms with van der Waals surface area (Å²) < 4.78 is 1.80. The lowest BCUT2D eigenvalue weighted by Crippen LogP contribution is -1.88. The molecule has 0 saturated heterocycles. The van der Waals surface area contributed by atoms with E-state index < -0.39 is 0 Å². The maximum Gasteiger partial charge on any atom is 0.0943 e. The molecule has 2 aromatic rings. The molecule has 0 fully saturated rings. The molecule has 12 heavy (non-hydrogen) atoms. The van der Waals surface area contributed by atoms with Gasteiger partial charge in [0.25, 0.3) is 0 Å². The average Bonchev–Trinajstić information content (AvgIpc) is 2.30. The van der Waals surface area contributed by atoms with Crippen molar-refractivity contribution in [3.8, 4) is 0 Å². The number of hydrogen-bond donors (Lipinski definition) is 1. The molecule has 0 spiro atoms. The lowest BCUT2D eigenvalue weighted by Gasteiger charge is -1.97. The summed E-state index contributed by atoms with van der Waals surface area (Å²) in [6.45, 7) is 2.00. The zero-order valence-corrected chi connectivity index (χ0v) is 7.20. The van der Waals surface area contributed by atoms with E-state index in [1.807, 2.05) is 26.2 Å². The van der Waals surface area contributed by atoms with Crippen molar-refractivity contribution in [1.29, 1.82) is 0 Å². The van der Waals surface area contributed by atoms with Crippen molar-refractivity contribution in [3.05, 3.63) is 23.9 Å². The predicted octanol–water partition coefficient (Wildman–Crippen LogP) is 1.46. The van der Waals surface area contributed by atoms with Crippen LogP contribution in [0.3, 0.4) is 0 Å². The predicted molar refractivity (Wildman–Crippen MR) is 49.9 cm³/mol. The summed E-state index contributed by atoms with van der Waals surface area (Å²) in [6, 6.07) is 3.96. The standard InChI is InChI=1S/C9H11N3/c1-6-3-7-5-12(2)11-9(7)4-8(6)10/h3-5H,10H2,1-2H3. The summed E-state index contributed by atoms with van der Waals surface area (Å²) in [5.74, 6) is 0. The second kappa shape index (κ2) is 2.24. The van der Waals surface area contributed by atoms with Crippen LogP contribution in [-0.2, 0) is 7.05 Å². The molecule has 0 amide bonds. The van der Waals surface area contributed by atoms with Crippen molar-refractivity contribution in [3.63, 3.8) is 0 Å². The normalized spacial score (nSPS) is 10.8. The second-order valence-electron chi connectivity index (χ2n) is 3.07. The number of nitrogen functional groups attached to an aromatic ring is 1. The Morgan fingerprint density at radius 3 is 2.92 bits per heavy atom. The molecule has 62 valence electrons. The smallest absolute Gasteiger partial charge is 0.0943 e. The van der Waals surface area contributed by atoms with Gasteiger partial charge in [-0.25, -0.2) is 0 Å². The summed E-state index contributed by atoms with van der Waals surface area (Å²) in [5.41, 5.74) is 8.62. The third-order valence-corrected chi connectivity index (χ3v) is 2.01. The Hall–Kier alpha value is -1.51. The van der Waals surface area contributed by atoms with E-state index in [0.717, 1.165) is 22.2 Å². The molecule has 0 saturated carbocycles. The van der Waals surface area contributed by atoms with Crippen molar-refractivity contribution in [2.75, 3.05) is 5.73 Å². The third-order valence-electron chi connectivity index (χ3n) is 2.01. The lowest BCUT2D eigenvalue weighted by molar-refractivity contribution is 0.780. The lowest BCUT2D eigenvalue weighted by atomic mass is 10.1. The Morgan fingerprint density at radius 2 is 2.17 bits per heavy atom. The Labute approximate surface area is 70.8 Å². The molecule has 2 N–H and O–H groups in total. The van der Waals surface area contributed by atoms with Gasteiger partial charge in [0.15, 0.2) is 0 Å². The second-order valence-corrected chi connectivity index (χ2v) is 3.07. The van der Waals surface area contributed by atoms with Crippen LogP contribution in [0.5, 0.6) is 0 Å². The molecule has 0 aliphatic rings. The van der Waals surface area contributed by atoms with Crippen LogP contribution in [-0.4, -0.2) is 9.78 Å². The highest BCUT2D eigenvalue weighted by atomic mass is 15.2. The van der Waals surface area contributed by atoms with E-state index in [4.69, 9.17) is 5.73 Å². The van der Waals surface area contributed by atoms with Crippen LogP contribution < -0.4 is 5.73 Å². The van der Waals surface area contributed by atoms with E-state index in [9.17, 15) is 0 Å². The van der Waals surface area contributed by atoms with Crippen molar-refractivity contribution in [2.24, 2.45) is 7.05 Å². The Balaban J connectivity index is 2.83. The van der Waals surface area contributed by atoms with E-state index in [1.165, 1.54) is 0 Å². The highest BCUT2D eigenvalue weighted by Crippen LogP contribution is 2.19. The van der Waals surface area contributed by atoms with E-state index >= 15 is 0 Å². The van der Waals surface area contributed by atoms with Gasteiger partial charge in [-0.15, -0.1) is 0 Å². The molecule has 1 heterocycles. The number of benzene rings is 1. The number of nitrogens with two attached hydrogens (primary N) is 1. The molecular weight excluding hydrogens is 150 g/mol. The van der Waals surface area contributed by atoms with Crippen LogP contribution in [0.2, 0.25) is 0 Å². The van der Waals surface area contributed by atoms with E-state index in [2.05, 4.69) is 11.2 Å². The third kappa shape index (κ3) is 0.942. The van der Waals surface area contributed by atoms with Gasteiger partial charge < -0.3 is 5.73 Å². The molecule has 2 rings (SSSR count). The molecular formula is C9H11N3. The average molecular weight is 161 g/mol. The number of rotatable bonds is 0. The molecule has 1 aromatic carbocycles. The molecule has 0 unspecified atom stereocenters. The summed E-state index contributed by atoms with van der Waals surface area (Å²) >= 11 is 0. The summed E-state index contributed by atoms with van der Waals surface area (Å²) in [5, 5.41) is 5.39. The minimum Gasteiger partial charge on any atom is -0.398 e.